The molecule has 2 aliphatic rings. The van der Waals surface area contributed by atoms with Crippen LogP contribution in [0, 0.1) is 6.92 Å². The van der Waals surface area contributed by atoms with Crippen LogP contribution in [0.15, 0.2) is 59.1 Å². The first-order valence-electron chi connectivity index (χ1n) is 11.5. The maximum Gasteiger partial charge on any atom is 0.335 e. The van der Waals surface area contributed by atoms with Gasteiger partial charge in [-0.05, 0) is 73.9 Å². The fourth-order valence-corrected chi connectivity index (χ4v) is 5.54. The van der Waals surface area contributed by atoms with Crippen molar-refractivity contribution in [3.8, 4) is 11.3 Å². The van der Waals surface area contributed by atoms with Gasteiger partial charge in [0.2, 0.25) is 0 Å². The van der Waals surface area contributed by atoms with Gasteiger partial charge in [-0.3, -0.25) is 4.98 Å². The number of nitrogens with one attached hydrogen (secondary N) is 1. The molecule has 0 bridgehead atoms. The Kier molecular flexibility index (Phi) is 5.89. The second-order valence-electron chi connectivity index (χ2n) is 8.86. The lowest BCUT2D eigenvalue weighted by Gasteiger charge is -2.36. The van der Waals surface area contributed by atoms with E-state index in [1.54, 1.807) is 18.3 Å². The normalized spacial score (nSPS) is 21.2. The molecule has 5 rings (SSSR count). The first-order valence-corrected chi connectivity index (χ1v) is 11.9. The fourth-order valence-electron chi connectivity index (χ4n) is 5.15. The highest BCUT2D eigenvalue weighted by Crippen LogP contribution is 2.43. The number of furan rings is 1. The molecule has 0 unspecified atom stereocenters. The molecule has 7 heteroatoms. The number of carbonyl (C=O) groups is 1. The minimum absolute atomic E-state index is 0.0946. The first-order chi connectivity index (χ1) is 16.0. The van der Waals surface area contributed by atoms with Crippen molar-refractivity contribution in [1.29, 1.82) is 0 Å². The summed E-state index contributed by atoms with van der Waals surface area (Å²) in [6.45, 7) is 1.90. The highest BCUT2D eigenvalue weighted by Gasteiger charge is 2.44. The van der Waals surface area contributed by atoms with Crippen molar-refractivity contribution in [2.45, 2.75) is 57.2 Å². The molecule has 6 nitrogen and oxygen atoms in total. The molecule has 0 spiro atoms. The summed E-state index contributed by atoms with van der Waals surface area (Å²) in [5, 5.41) is 13.5. The predicted octanol–water partition coefficient (Wildman–Crippen LogP) is 5.65. The van der Waals surface area contributed by atoms with Crippen LogP contribution in [-0.4, -0.2) is 32.1 Å². The van der Waals surface area contributed by atoms with Crippen molar-refractivity contribution in [3.05, 3.63) is 77.3 Å². The molecule has 2 fully saturated rings. The summed E-state index contributed by atoms with van der Waals surface area (Å²) in [5.74, 6) is 0.623. The van der Waals surface area contributed by atoms with Crippen molar-refractivity contribution < 1.29 is 14.3 Å². The molecule has 2 atom stereocenters. The molecule has 1 aliphatic carbocycles. The number of hydrogen-bond donors (Lipinski definition) is 2. The summed E-state index contributed by atoms with van der Waals surface area (Å²) in [7, 11) is 0. The lowest BCUT2D eigenvalue weighted by Crippen LogP contribution is -2.40. The number of hydrogen-bond acceptors (Lipinski definition) is 4. The molecule has 3 aromatic rings. The summed E-state index contributed by atoms with van der Waals surface area (Å²) in [5.41, 5.74) is 2.95. The van der Waals surface area contributed by atoms with Crippen molar-refractivity contribution in [1.82, 2.24) is 15.2 Å². The summed E-state index contributed by atoms with van der Waals surface area (Å²) < 4.78 is 6.44. The Morgan fingerprint density at radius 2 is 1.97 bits per heavy atom. The number of aryl methyl sites for hydroxylation is 1. The Hall–Kier alpha value is -3.19. The second kappa shape index (κ2) is 8.98. The number of pyridine rings is 1. The molecule has 1 saturated carbocycles. The Balaban J connectivity index is 1.53. The molecule has 3 heterocycles. The minimum Gasteiger partial charge on any atom is -0.478 e. The van der Waals surface area contributed by atoms with E-state index in [-0.39, 0.29) is 17.6 Å². The smallest absolute Gasteiger partial charge is 0.335 e. The van der Waals surface area contributed by atoms with Crippen molar-refractivity contribution in [2.24, 2.45) is 0 Å². The average molecular weight is 462 g/mol. The summed E-state index contributed by atoms with van der Waals surface area (Å²) in [4.78, 5) is 18.3. The van der Waals surface area contributed by atoms with Crippen LogP contribution in [-0.2, 0) is 0 Å². The largest absolute Gasteiger partial charge is 0.478 e. The van der Waals surface area contributed by atoms with Gasteiger partial charge >= 0.3 is 5.97 Å². The molecular weight excluding hydrogens is 434 g/mol. The van der Waals surface area contributed by atoms with E-state index in [9.17, 15) is 9.90 Å². The van der Waals surface area contributed by atoms with E-state index < -0.39 is 5.97 Å². The van der Waals surface area contributed by atoms with Crippen LogP contribution < -0.4 is 5.32 Å². The van der Waals surface area contributed by atoms with Gasteiger partial charge in [-0.2, -0.15) is 0 Å². The first kappa shape index (κ1) is 21.6. The number of benzene rings is 1. The quantitative estimate of drug-likeness (QED) is 0.475. The molecule has 1 saturated heterocycles. The Bertz CT molecular complexity index is 1170. The molecule has 0 radical (unpaired) electrons. The van der Waals surface area contributed by atoms with E-state index in [0.717, 1.165) is 46.3 Å². The maximum absolute atomic E-state index is 11.3. The van der Waals surface area contributed by atoms with Gasteiger partial charge in [-0.1, -0.05) is 31.4 Å². The van der Waals surface area contributed by atoms with E-state index in [1.165, 1.54) is 19.3 Å². The number of aromatic nitrogens is 1. The van der Waals surface area contributed by atoms with Crippen LogP contribution in [0.3, 0.4) is 0 Å². The standard InChI is InChI=1S/C26H27N3O3S/c1-16-15-17(25(30)31)10-11-19(16)21-12-13-22(32-21)24-23(20-9-5-6-14-27-20)28-26(33)29(24)18-7-3-2-4-8-18/h5-6,9-15,18,23-24H,2-4,7-8H2,1H3,(H,28,33)(H,30,31)/t23-,24+/m1/s1. The monoisotopic (exact) mass is 461 g/mol. The highest BCUT2D eigenvalue weighted by molar-refractivity contribution is 7.80. The van der Waals surface area contributed by atoms with E-state index in [2.05, 4.69) is 15.2 Å². The van der Waals surface area contributed by atoms with Crippen LogP contribution in [0.4, 0.5) is 0 Å². The number of aromatic carboxylic acids is 1. The van der Waals surface area contributed by atoms with Gasteiger partial charge in [0.25, 0.3) is 0 Å². The number of carboxylic acids is 1. The minimum atomic E-state index is -0.934. The SMILES string of the molecule is Cc1cc(C(=O)O)ccc1-c1ccc([C@H]2[C@@H](c3ccccn3)NC(=S)N2C2CCCCC2)o1. The molecule has 0 amide bonds. The zero-order chi connectivity index (χ0) is 22.9. The van der Waals surface area contributed by atoms with Gasteiger partial charge < -0.3 is 19.7 Å². The van der Waals surface area contributed by atoms with E-state index in [4.69, 9.17) is 16.6 Å². The maximum atomic E-state index is 11.3. The van der Waals surface area contributed by atoms with Crippen LogP contribution in [0.25, 0.3) is 11.3 Å². The Morgan fingerprint density at radius 1 is 1.15 bits per heavy atom. The van der Waals surface area contributed by atoms with Gasteiger partial charge in [-0.25, -0.2) is 4.79 Å². The molecule has 1 aromatic carbocycles. The third kappa shape index (κ3) is 4.13. The third-order valence-corrected chi connectivity index (χ3v) is 7.09. The molecule has 2 N–H and O–H groups in total. The topological polar surface area (TPSA) is 78.6 Å². The summed E-state index contributed by atoms with van der Waals surface area (Å²) in [6, 6.07) is 15.2. The van der Waals surface area contributed by atoms with Gasteiger partial charge in [-0.15, -0.1) is 0 Å². The molecule has 1 aliphatic heterocycles. The highest BCUT2D eigenvalue weighted by atomic mass is 32.1. The Morgan fingerprint density at radius 3 is 2.67 bits per heavy atom. The van der Waals surface area contributed by atoms with Gasteiger partial charge in [0.1, 0.15) is 17.6 Å². The Labute approximate surface area is 198 Å². The predicted molar refractivity (Wildman–Crippen MR) is 130 cm³/mol. The van der Waals surface area contributed by atoms with E-state index in [0.29, 0.717) is 6.04 Å². The molecule has 170 valence electrons. The summed E-state index contributed by atoms with van der Waals surface area (Å²) >= 11 is 5.82. The van der Waals surface area contributed by atoms with Crippen LogP contribution in [0.2, 0.25) is 0 Å². The van der Waals surface area contributed by atoms with Crippen LogP contribution in [0.1, 0.15) is 71.6 Å². The van der Waals surface area contributed by atoms with Crippen LogP contribution in [0.5, 0.6) is 0 Å². The number of thiocarbonyl (C=S) groups is 1. The van der Waals surface area contributed by atoms with Crippen molar-refractivity contribution in [3.63, 3.8) is 0 Å². The van der Waals surface area contributed by atoms with E-state index in [1.807, 2.05) is 43.3 Å². The summed E-state index contributed by atoms with van der Waals surface area (Å²) in [6.07, 6.45) is 7.75. The lowest BCUT2D eigenvalue weighted by molar-refractivity contribution is 0.0697. The van der Waals surface area contributed by atoms with Crippen molar-refractivity contribution >= 4 is 23.3 Å². The fraction of sp³-hybridized carbons (Fsp3) is 0.346. The third-order valence-electron chi connectivity index (χ3n) is 6.76. The number of rotatable bonds is 5. The molecule has 2 aromatic heterocycles. The zero-order valence-corrected chi connectivity index (χ0v) is 19.3. The molecule has 33 heavy (non-hydrogen) atoms. The van der Waals surface area contributed by atoms with Gasteiger partial charge in [0.05, 0.1) is 17.3 Å². The van der Waals surface area contributed by atoms with E-state index >= 15 is 0 Å². The van der Waals surface area contributed by atoms with Gasteiger partial charge in [0.15, 0.2) is 5.11 Å². The zero-order valence-electron chi connectivity index (χ0n) is 18.5. The van der Waals surface area contributed by atoms with Crippen molar-refractivity contribution in [2.75, 3.05) is 0 Å². The average Bonchev–Trinajstić information content (AvgIpc) is 3.44. The van der Waals surface area contributed by atoms with Gasteiger partial charge in [0, 0.05) is 17.8 Å². The lowest BCUT2D eigenvalue weighted by atomic mass is 9.92. The molecular formula is C26H27N3O3S. The second-order valence-corrected chi connectivity index (χ2v) is 9.25. The number of nitrogens with zero attached hydrogens (tertiary/aromatic N) is 2. The number of carboxylic acid groups (broad SMARTS) is 1. The van der Waals surface area contributed by atoms with Crippen LogP contribution >= 0.6 is 12.2 Å².